The average Bonchev–Trinajstić information content (AvgIpc) is 2.33. The number of halogens is 3. The van der Waals surface area contributed by atoms with Crippen LogP contribution in [0.15, 0.2) is 18.2 Å². The molecule has 0 saturated carbocycles. The topological polar surface area (TPSA) is 30.5 Å². The third-order valence-electron chi connectivity index (χ3n) is 2.23. The first kappa shape index (κ1) is 14.6. The van der Waals surface area contributed by atoms with Crippen LogP contribution in [0.2, 0.25) is 0 Å². The summed E-state index contributed by atoms with van der Waals surface area (Å²) in [5, 5.41) is 3.04. The first-order valence-electron chi connectivity index (χ1n) is 5.53. The van der Waals surface area contributed by atoms with Crippen molar-refractivity contribution in [2.75, 3.05) is 20.3 Å². The van der Waals surface area contributed by atoms with E-state index in [1.54, 1.807) is 12.1 Å². The summed E-state index contributed by atoms with van der Waals surface area (Å²) in [7, 11) is 1.45. The first-order chi connectivity index (χ1) is 8.46. The summed E-state index contributed by atoms with van der Waals surface area (Å²) in [6.45, 7) is 1.79. The van der Waals surface area contributed by atoms with Crippen LogP contribution in [0.1, 0.15) is 12.5 Å². The van der Waals surface area contributed by atoms with Crippen molar-refractivity contribution in [2.24, 2.45) is 0 Å². The van der Waals surface area contributed by atoms with Crippen molar-refractivity contribution < 1.29 is 22.6 Å². The Kier molecular flexibility index (Phi) is 5.27. The highest BCUT2D eigenvalue weighted by Gasteiger charge is 2.28. The molecule has 1 N–H and O–H groups in total. The van der Waals surface area contributed by atoms with Gasteiger partial charge in [-0.05, 0) is 12.6 Å². The quantitative estimate of drug-likeness (QED) is 0.856. The minimum Gasteiger partial charge on any atom is -0.497 e. The highest BCUT2D eigenvalue weighted by molar-refractivity contribution is 5.40. The zero-order valence-corrected chi connectivity index (χ0v) is 10.3. The molecule has 3 nitrogen and oxygen atoms in total. The van der Waals surface area contributed by atoms with Crippen LogP contribution in [0, 0.1) is 0 Å². The first-order valence-corrected chi connectivity index (χ1v) is 5.53. The van der Waals surface area contributed by atoms with Crippen molar-refractivity contribution in [3.63, 3.8) is 0 Å². The predicted molar refractivity (Wildman–Crippen MR) is 61.9 cm³/mol. The van der Waals surface area contributed by atoms with Crippen molar-refractivity contribution in [3.8, 4) is 11.5 Å². The molecular formula is C12H16F3NO2. The van der Waals surface area contributed by atoms with Crippen LogP contribution >= 0.6 is 0 Å². The summed E-state index contributed by atoms with van der Waals surface area (Å²) in [6, 6.07) is 4.83. The SMILES string of the molecule is CCNCc1ccc(OC)cc1OCC(F)(F)F. The number of alkyl halides is 3. The smallest absolute Gasteiger partial charge is 0.422 e. The van der Waals surface area contributed by atoms with Crippen molar-refractivity contribution >= 4 is 0 Å². The molecule has 0 saturated heterocycles. The zero-order valence-electron chi connectivity index (χ0n) is 10.3. The Hall–Kier alpha value is -1.43. The summed E-state index contributed by atoms with van der Waals surface area (Å²) in [6.07, 6.45) is -4.35. The van der Waals surface area contributed by atoms with Gasteiger partial charge in [-0.25, -0.2) is 0 Å². The van der Waals surface area contributed by atoms with Crippen LogP contribution < -0.4 is 14.8 Å². The fourth-order valence-corrected chi connectivity index (χ4v) is 1.36. The van der Waals surface area contributed by atoms with Crippen molar-refractivity contribution in [1.82, 2.24) is 5.32 Å². The lowest BCUT2D eigenvalue weighted by Gasteiger charge is -2.14. The molecule has 0 atom stereocenters. The average molecular weight is 263 g/mol. The molecule has 0 bridgehead atoms. The number of nitrogens with one attached hydrogen (secondary N) is 1. The lowest BCUT2D eigenvalue weighted by Crippen LogP contribution is -2.20. The zero-order chi connectivity index (χ0) is 13.6. The summed E-state index contributed by atoms with van der Waals surface area (Å²) < 4.78 is 46.2. The second kappa shape index (κ2) is 6.49. The van der Waals surface area contributed by atoms with E-state index in [1.165, 1.54) is 13.2 Å². The van der Waals surface area contributed by atoms with E-state index in [2.05, 4.69) is 5.32 Å². The molecule has 1 aromatic rings. The maximum absolute atomic E-state index is 12.1. The molecule has 0 aliphatic heterocycles. The van der Waals surface area contributed by atoms with Crippen molar-refractivity contribution in [1.29, 1.82) is 0 Å². The Morgan fingerprint density at radius 3 is 2.56 bits per heavy atom. The van der Waals surface area contributed by atoms with E-state index < -0.39 is 12.8 Å². The monoisotopic (exact) mass is 263 g/mol. The molecule has 18 heavy (non-hydrogen) atoms. The molecule has 6 heteroatoms. The Labute approximate surface area is 104 Å². The Balaban J connectivity index is 2.82. The van der Waals surface area contributed by atoms with Crippen LogP contribution in [0.5, 0.6) is 11.5 Å². The number of benzene rings is 1. The lowest BCUT2D eigenvalue weighted by molar-refractivity contribution is -0.153. The Morgan fingerprint density at radius 2 is 2.00 bits per heavy atom. The molecule has 1 aromatic carbocycles. The van der Waals surface area contributed by atoms with E-state index in [4.69, 9.17) is 9.47 Å². The van der Waals surface area contributed by atoms with Crippen LogP contribution in [-0.4, -0.2) is 26.4 Å². The van der Waals surface area contributed by atoms with Gasteiger partial charge >= 0.3 is 6.18 Å². The van der Waals surface area contributed by atoms with Gasteiger partial charge in [-0.1, -0.05) is 13.0 Å². The van der Waals surface area contributed by atoms with Gasteiger partial charge in [-0.3, -0.25) is 0 Å². The third-order valence-corrected chi connectivity index (χ3v) is 2.23. The third kappa shape index (κ3) is 4.83. The number of hydrogen-bond acceptors (Lipinski definition) is 3. The second-order valence-corrected chi connectivity index (χ2v) is 3.66. The molecule has 0 aliphatic carbocycles. The van der Waals surface area contributed by atoms with Crippen molar-refractivity contribution in [3.05, 3.63) is 23.8 Å². The van der Waals surface area contributed by atoms with Crippen LogP contribution in [0.4, 0.5) is 13.2 Å². The summed E-state index contributed by atoms with van der Waals surface area (Å²) in [4.78, 5) is 0. The van der Waals surface area contributed by atoms with Crippen LogP contribution in [0.25, 0.3) is 0 Å². The largest absolute Gasteiger partial charge is 0.497 e. The number of rotatable bonds is 6. The Morgan fingerprint density at radius 1 is 1.28 bits per heavy atom. The van der Waals surface area contributed by atoms with Gasteiger partial charge in [0.1, 0.15) is 11.5 Å². The van der Waals surface area contributed by atoms with Gasteiger partial charge < -0.3 is 14.8 Å². The molecule has 0 spiro atoms. The van der Waals surface area contributed by atoms with Crippen molar-refractivity contribution in [2.45, 2.75) is 19.6 Å². The minimum absolute atomic E-state index is 0.188. The van der Waals surface area contributed by atoms with Gasteiger partial charge in [-0.2, -0.15) is 13.2 Å². The molecule has 0 heterocycles. The maximum atomic E-state index is 12.1. The van der Waals surface area contributed by atoms with Gasteiger partial charge in [-0.15, -0.1) is 0 Å². The molecule has 1 rings (SSSR count). The number of hydrogen-bond donors (Lipinski definition) is 1. The number of ether oxygens (including phenoxy) is 2. The molecule has 0 radical (unpaired) electrons. The van der Waals surface area contributed by atoms with E-state index in [9.17, 15) is 13.2 Å². The highest BCUT2D eigenvalue weighted by Crippen LogP contribution is 2.26. The van der Waals surface area contributed by atoms with E-state index in [1.807, 2.05) is 6.92 Å². The fraction of sp³-hybridized carbons (Fsp3) is 0.500. The maximum Gasteiger partial charge on any atom is 0.422 e. The minimum atomic E-state index is -4.35. The van der Waals surface area contributed by atoms with Gasteiger partial charge in [0.25, 0.3) is 0 Å². The number of methoxy groups -OCH3 is 1. The van der Waals surface area contributed by atoms with Gasteiger partial charge in [0.05, 0.1) is 7.11 Å². The molecule has 0 unspecified atom stereocenters. The lowest BCUT2D eigenvalue weighted by atomic mass is 10.2. The standard InChI is InChI=1S/C12H16F3NO2/c1-3-16-7-9-4-5-10(17-2)6-11(9)18-8-12(13,14)15/h4-6,16H,3,7-8H2,1-2H3. The van der Waals surface area contributed by atoms with E-state index in [0.717, 1.165) is 6.54 Å². The normalized spacial score (nSPS) is 11.4. The summed E-state index contributed by atoms with van der Waals surface area (Å²) in [5.74, 6) is 0.653. The van der Waals surface area contributed by atoms with Gasteiger partial charge in [0, 0.05) is 18.2 Å². The van der Waals surface area contributed by atoms with Gasteiger partial charge in [0.2, 0.25) is 0 Å². The van der Waals surface area contributed by atoms with Crippen LogP contribution in [-0.2, 0) is 6.54 Å². The Bertz CT molecular complexity index is 380. The molecule has 0 aromatic heterocycles. The molecule has 102 valence electrons. The predicted octanol–water partition coefficient (Wildman–Crippen LogP) is 2.75. The van der Waals surface area contributed by atoms with Gasteiger partial charge in [0.15, 0.2) is 6.61 Å². The summed E-state index contributed by atoms with van der Waals surface area (Å²) in [5.41, 5.74) is 0.668. The second-order valence-electron chi connectivity index (χ2n) is 3.66. The summed E-state index contributed by atoms with van der Waals surface area (Å²) >= 11 is 0. The van der Waals surface area contributed by atoms with E-state index >= 15 is 0 Å². The fourth-order valence-electron chi connectivity index (χ4n) is 1.36. The molecular weight excluding hydrogens is 247 g/mol. The van der Waals surface area contributed by atoms with Crippen LogP contribution in [0.3, 0.4) is 0 Å². The van der Waals surface area contributed by atoms with E-state index in [-0.39, 0.29) is 5.75 Å². The molecule has 0 fully saturated rings. The molecule has 0 amide bonds. The molecule has 0 aliphatic rings. The van der Waals surface area contributed by atoms with E-state index in [0.29, 0.717) is 17.9 Å². The highest BCUT2D eigenvalue weighted by atomic mass is 19.4.